The number of benzene rings is 7. The van der Waals surface area contributed by atoms with E-state index in [1.807, 2.05) is 0 Å². The van der Waals surface area contributed by atoms with E-state index in [1.165, 1.54) is 71.1 Å². The van der Waals surface area contributed by atoms with Gasteiger partial charge < -0.3 is 4.42 Å². The van der Waals surface area contributed by atoms with Crippen molar-refractivity contribution in [1.82, 2.24) is 0 Å². The predicted molar refractivity (Wildman–Crippen MR) is 181 cm³/mol. The minimum Gasteiger partial charge on any atom is -0.455 e. The van der Waals surface area contributed by atoms with Crippen molar-refractivity contribution in [3.63, 3.8) is 0 Å². The lowest BCUT2D eigenvalue weighted by molar-refractivity contribution is 0.592. The zero-order valence-corrected chi connectivity index (χ0v) is 23.7. The molecule has 0 spiro atoms. The molecule has 1 aromatic heterocycles. The van der Waals surface area contributed by atoms with Gasteiger partial charge in [0.2, 0.25) is 0 Å². The largest absolute Gasteiger partial charge is 0.455 e. The molecule has 0 amide bonds. The number of hydrogen-bond donors (Lipinski definition) is 0. The first-order valence-corrected chi connectivity index (χ1v) is 15.1. The fourth-order valence-corrected chi connectivity index (χ4v) is 7.14. The van der Waals surface area contributed by atoms with Crippen LogP contribution in [-0.2, 0) is 6.42 Å². The van der Waals surface area contributed by atoms with Gasteiger partial charge in [0.25, 0.3) is 0 Å². The van der Waals surface area contributed by atoms with Crippen LogP contribution in [0.4, 0.5) is 0 Å². The Morgan fingerprint density at radius 1 is 0.419 bits per heavy atom. The van der Waals surface area contributed by atoms with E-state index in [-0.39, 0.29) is 0 Å². The number of furan rings is 1. The molecule has 1 nitrogen and oxygen atoms in total. The molecule has 1 heteroatoms. The molecule has 0 fully saturated rings. The first kappa shape index (κ1) is 24.2. The summed E-state index contributed by atoms with van der Waals surface area (Å²) in [4.78, 5) is 0. The Labute approximate surface area is 250 Å². The summed E-state index contributed by atoms with van der Waals surface area (Å²) in [5, 5.41) is 9.03. The van der Waals surface area contributed by atoms with E-state index < -0.39 is 0 Å². The van der Waals surface area contributed by atoms with Crippen LogP contribution in [0.2, 0.25) is 0 Å². The van der Waals surface area contributed by atoms with Gasteiger partial charge in [-0.25, -0.2) is 0 Å². The van der Waals surface area contributed by atoms with Crippen LogP contribution in [0.3, 0.4) is 0 Å². The summed E-state index contributed by atoms with van der Waals surface area (Å²) in [7, 11) is 0. The number of fused-ring (bicyclic) bond motifs is 9. The highest BCUT2D eigenvalue weighted by molar-refractivity contribution is 6.25. The van der Waals surface area contributed by atoms with Gasteiger partial charge in [0, 0.05) is 22.1 Å². The van der Waals surface area contributed by atoms with Crippen molar-refractivity contribution in [1.29, 1.82) is 0 Å². The molecule has 0 radical (unpaired) electrons. The summed E-state index contributed by atoms with van der Waals surface area (Å²) in [6.07, 6.45) is 4.35. The summed E-state index contributed by atoms with van der Waals surface area (Å²) in [5.41, 5.74) is 9.46. The smallest absolute Gasteiger partial charge is 0.142 e. The molecule has 0 unspecified atom stereocenters. The molecule has 7 aromatic carbocycles. The third kappa shape index (κ3) is 3.78. The number of hydrogen-bond acceptors (Lipinski definition) is 1. The molecule has 0 atom stereocenters. The Morgan fingerprint density at radius 3 is 1.77 bits per heavy atom. The van der Waals surface area contributed by atoms with Gasteiger partial charge in [-0.1, -0.05) is 133 Å². The molecule has 1 aliphatic carbocycles. The molecule has 9 rings (SSSR count). The Morgan fingerprint density at radius 2 is 1.00 bits per heavy atom. The topological polar surface area (TPSA) is 13.1 Å². The maximum atomic E-state index is 6.77. The summed E-state index contributed by atoms with van der Waals surface area (Å²) in [6.45, 7) is 0. The highest BCUT2D eigenvalue weighted by Gasteiger charge is 2.23. The van der Waals surface area contributed by atoms with Crippen LogP contribution < -0.4 is 0 Å². The SMILES string of the molecule is C1=C(c2cccc(-c3ccc4c5ccccc5c5ccccc5c4c3)c2)c2oc3c(-c4ccccc4)cccc3c2CC1. The van der Waals surface area contributed by atoms with Crippen LogP contribution in [0.25, 0.3) is 71.1 Å². The number of allylic oxidation sites excluding steroid dienone is 1. The third-order valence-corrected chi connectivity index (χ3v) is 9.14. The zero-order valence-electron chi connectivity index (χ0n) is 23.7. The van der Waals surface area contributed by atoms with Gasteiger partial charge >= 0.3 is 0 Å². The minimum absolute atomic E-state index is 0.983. The van der Waals surface area contributed by atoms with Crippen LogP contribution in [-0.4, -0.2) is 0 Å². The maximum Gasteiger partial charge on any atom is 0.142 e. The van der Waals surface area contributed by atoms with E-state index in [1.54, 1.807) is 0 Å². The van der Waals surface area contributed by atoms with Crippen LogP contribution in [0, 0.1) is 0 Å². The van der Waals surface area contributed by atoms with Crippen molar-refractivity contribution in [2.24, 2.45) is 0 Å². The van der Waals surface area contributed by atoms with Gasteiger partial charge in [0.1, 0.15) is 11.3 Å². The Bertz CT molecular complexity index is 2350. The molecule has 0 saturated heterocycles. The molecule has 202 valence electrons. The third-order valence-electron chi connectivity index (χ3n) is 9.14. The molecular formula is C42H28O. The first-order valence-electron chi connectivity index (χ1n) is 15.1. The van der Waals surface area contributed by atoms with Crippen molar-refractivity contribution in [2.75, 3.05) is 0 Å². The van der Waals surface area contributed by atoms with Crippen molar-refractivity contribution in [3.8, 4) is 22.3 Å². The normalized spacial score (nSPS) is 13.1. The van der Waals surface area contributed by atoms with E-state index >= 15 is 0 Å². The number of para-hydroxylation sites is 1. The molecule has 1 heterocycles. The van der Waals surface area contributed by atoms with Gasteiger partial charge in [-0.3, -0.25) is 0 Å². The van der Waals surface area contributed by atoms with Gasteiger partial charge in [-0.15, -0.1) is 0 Å². The van der Waals surface area contributed by atoms with Crippen LogP contribution in [0.15, 0.2) is 150 Å². The van der Waals surface area contributed by atoms with E-state index in [4.69, 9.17) is 4.42 Å². The monoisotopic (exact) mass is 548 g/mol. The van der Waals surface area contributed by atoms with Gasteiger partial charge in [0.05, 0.1) is 0 Å². The Hall–Kier alpha value is -5.40. The van der Waals surface area contributed by atoms with Crippen molar-refractivity contribution >= 4 is 48.9 Å². The first-order chi connectivity index (χ1) is 21.3. The second kappa shape index (κ2) is 9.58. The highest BCUT2D eigenvalue weighted by atomic mass is 16.3. The van der Waals surface area contributed by atoms with Crippen LogP contribution in [0.1, 0.15) is 23.3 Å². The number of aryl methyl sites for hydroxylation is 1. The van der Waals surface area contributed by atoms with Crippen molar-refractivity contribution < 1.29 is 4.42 Å². The lowest BCUT2D eigenvalue weighted by Crippen LogP contribution is -1.98. The number of rotatable bonds is 3. The standard InChI is InChI=1S/C42H28O/c1-2-11-27(12-3-1)31-19-9-21-38-39-22-10-20-32(42(39)43-41(31)38)30-14-8-13-28(25-30)29-23-24-37-35-17-5-4-15-33(35)34-16-6-7-18-36(34)40(37)26-29/h1-9,11-21,23-26H,10,22H2. The molecule has 0 saturated carbocycles. The molecule has 8 aromatic rings. The second-order valence-electron chi connectivity index (χ2n) is 11.5. The molecular weight excluding hydrogens is 520 g/mol. The van der Waals surface area contributed by atoms with Gasteiger partial charge in [0.15, 0.2) is 0 Å². The lowest BCUT2D eigenvalue weighted by atomic mass is 9.89. The van der Waals surface area contributed by atoms with Crippen molar-refractivity contribution in [2.45, 2.75) is 12.8 Å². The lowest BCUT2D eigenvalue weighted by Gasteiger charge is -2.15. The quantitative estimate of drug-likeness (QED) is 0.200. The van der Waals surface area contributed by atoms with Crippen LogP contribution in [0.5, 0.6) is 0 Å². The van der Waals surface area contributed by atoms with Gasteiger partial charge in [-0.2, -0.15) is 0 Å². The van der Waals surface area contributed by atoms with Crippen molar-refractivity contribution in [3.05, 3.63) is 162 Å². The fraction of sp³-hybridized carbons (Fsp3) is 0.0476. The minimum atomic E-state index is 0.983. The Balaban J connectivity index is 1.18. The molecule has 1 aliphatic rings. The summed E-state index contributed by atoms with van der Waals surface area (Å²) in [6, 6.07) is 50.5. The van der Waals surface area contributed by atoms with Gasteiger partial charge in [-0.05, 0) is 79.5 Å². The molecule has 0 bridgehead atoms. The van der Waals surface area contributed by atoms with Crippen LogP contribution >= 0.6 is 0 Å². The zero-order chi connectivity index (χ0) is 28.3. The van der Waals surface area contributed by atoms with E-state index in [0.717, 1.165) is 29.7 Å². The van der Waals surface area contributed by atoms with E-state index in [0.29, 0.717) is 0 Å². The molecule has 0 N–H and O–H groups in total. The summed E-state index contributed by atoms with van der Waals surface area (Å²) in [5.74, 6) is 1.01. The molecule has 0 aliphatic heterocycles. The average molecular weight is 549 g/mol. The van der Waals surface area contributed by atoms with E-state index in [9.17, 15) is 0 Å². The fourth-order valence-electron chi connectivity index (χ4n) is 7.14. The highest BCUT2D eigenvalue weighted by Crippen LogP contribution is 2.43. The Kier molecular flexibility index (Phi) is 5.39. The second-order valence-corrected chi connectivity index (χ2v) is 11.5. The maximum absolute atomic E-state index is 6.77. The average Bonchev–Trinajstić information content (AvgIpc) is 3.48. The van der Waals surface area contributed by atoms with E-state index in [2.05, 4.69) is 146 Å². The summed E-state index contributed by atoms with van der Waals surface area (Å²) >= 11 is 0. The molecule has 43 heavy (non-hydrogen) atoms. The predicted octanol–water partition coefficient (Wildman–Crippen LogP) is 11.6. The summed E-state index contributed by atoms with van der Waals surface area (Å²) < 4.78 is 6.77.